The maximum Gasteiger partial charge on any atom is 0.262 e. The largest absolute Gasteiger partial charge is 0.351 e. The van der Waals surface area contributed by atoms with E-state index in [1.54, 1.807) is 10.6 Å². The first-order valence-electron chi connectivity index (χ1n) is 12.1. The van der Waals surface area contributed by atoms with Gasteiger partial charge in [0.2, 0.25) is 0 Å². The second-order valence-corrected chi connectivity index (χ2v) is 9.99. The normalized spacial score (nSPS) is 14.9. The maximum atomic E-state index is 13.4. The molecule has 0 radical (unpaired) electrons. The molecule has 0 atom stereocenters. The third kappa shape index (κ3) is 5.07. The number of piperazine rings is 1. The summed E-state index contributed by atoms with van der Waals surface area (Å²) in [5.74, 6) is -0.0875. The molecule has 2 aromatic carbocycles. The van der Waals surface area contributed by atoms with Gasteiger partial charge < -0.3 is 15.1 Å². The van der Waals surface area contributed by atoms with Crippen LogP contribution in [0.1, 0.15) is 16.1 Å². The zero-order valence-corrected chi connectivity index (χ0v) is 20.8. The first kappa shape index (κ1) is 23.5. The lowest BCUT2D eigenvalue weighted by atomic mass is 10.0. The van der Waals surface area contributed by atoms with Crippen LogP contribution < -0.4 is 10.9 Å². The fourth-order valence-corrected chi connectivity index (χ4v) is 5.87. The quantitative estimate of drug-likeness (QED) is 0.400. The number of para-hydroxylation sites is 1. The zero-order chi connectivity index (χ0) is 24.2. The Morgan fingerprint density at radius 3 is 2.31 bits per heavy atom. The molecular formula is C28H30N4O2S. The smallest absolute Gasteiger partial charge is 0.262 e. The minimum atomic E-state index is -0.108. The molecule has 1 fully saturated rings. The average Bonchev–Trinajstić information content (AvgIpc) is 3.28. The third-order valence-corrected chi connectivity index (χ3v) is 7.75. The summed E-state index contributed by atoms with van der Waals surface area (Å²) in [4.78, 5) is 32.6. The van der Waals surface area contributed by atoms with Gasteiger partial charge in [0.05, 0.1) is 5.69 Å². The predicted molar refractivity (Wildman–Crippen MR) is 144 cm³/mol. The van der Waals surface area contributed by atoms with Gasteiger partial charge in [0, 0.05) is 49.7 Å². The lowest BCUT2D eigenvalue weighted by molar-refractivity contribution is 0.0954. The number of nitrogens with one attached hydrogen (secondary N) is 1. The number of carbonyl (C=O) groups excluding carboxylic acids is 1. The standard InChI is InChI=1S/C28H30N4O2S/c1-30-17-19-31(20-18-30)16-8-15-29-27(34)26-25(21-9-4-2-5-10-21)23-13-14-24(33)32(28(23)35-26)22-11-6-3-7-12-22/h2-7,9-14H,8,15-20H2,1H3,(H,29,34). The van der Waals surface area contributed by atoms with Crippen LogP contribution in [-0.2, 0) is 0 Å². The third-order valence-electron chi connectivity index (χ3n) is 6.56. The summed E-state index contributed by atoms with van der Waals surface area (Å²) in [7, 11) is 2.16. The van der Waals surface area contributed by atoms with Gasteiger partial charge in [-0.25, -0.2) is 0 Å². The molecule has 5 rings (SSSR count). The number of fused-ring (bicyclic) bond motifs is 1. The summed E-state index contributed by atoms with van der Waals surface area (Å²) in [6.07, 6.45) is 0.912. The van der Waals surface area contributed by atoms with Crippen LogP contribution in [0.2, 0.25) is 0 Å². The molecule has 0 saturated carbocycles. The number of aromatic nitrogens is 1. The van der Waals surface area contributed by atoms with Crippen LogP contribution in [0.4, 0.5) is 0 Å². The summed E-state index contributed by atoms with van der Waals surface area (Å²) in [5, 5.41) is 4.05. The average molecular weight is 487 g/mol. The number of hydrogen-bond acceptors (Lipinski definition) is 5. The molecule has 1 aliphatic heterocycles. The lowest BCUT2D eigenvalue weighted by Crippen LogP contribution is -2.45. The van der Waals surface area contributed by atoms with E-state index in [-0.39, 0.29) is 11.5 Å². The van der Waals surface area contributed by atoms with Crippen molar-refractivity contribution in [3.63, 3.8) is 0 Å². The number of amides is 1. The van der Waals surface area contributed by atoms with Crippen molar-refractivity contribution in [2.24, 2.45) is 0 Å². The fraction of sp³-hybridized carbons (Fsp3) is 0.286. The minimum absolute atomic E-state index is 0.0875. The number of likely N-dealkylation sites (N-methyl/N-ethyl adjacent to an activating group) is 1. The molecule has 0 unspecified atom stereocenters. The van der Waals surface area contributed by atoms with E-state index in [1.165, 1.54) is 11.3 Å². The van der Waals surface area contributed by atoms with E-state index in [0.29, 0.717) is 11.4 Å². The van der Waals surface area contributed by atoms with Gasteiger partial charge in [0.15, 0.2) is 0 Å². The van der Waals surface area contributed by atoms with Gasteiger partial charge in [-0.2, -0.15) is 0 Å². The highest BCUT2D eigenvalue weighted by molar-refractivity contribution is 7.21. The highest BCUT2D eigenvalue weighted by Gasteiger charge is 2.22. The number of nitrogens with zero attached hydrogens (tertiary/aromatic N) is 3. The first-order valence-corrected chi connectivity index (χ1v) is 12.9. The van der Waals surface area contributed by atoms with Crippen LogP contribution in [0, 0.1) is 0 Å². The molecule has 1 N–H and O–H groups in total. The SMILES string of the molecule is CN1CCN(CCCNC(=O)c2sc3c(ccc(=O)n3-c3ccccc3)c2-c2ccccc2)CC1. The summed E-state index contributed by atoms with van der Waals surface area (Å²) in [5.41, 5.74) is 2.54. The van der Waals surface area contributed by atoms with Crippen molar-refractivity contribution in [1.82, 2.24) is 19.7 Å². The molecule has 1 amide bonds. The van der Waals surface area contributed by atoms with Crippen LogP contribution in [0.25, 0.3) is 27.0 Å². The number of benzene rings is 2. The Morgan fingerprint density at radius 1 is 0.914 bits per heavy atom. The van der Waals surface area contributed by atoms with E-state index in [9.17, 15) is 9.59 Å². The Morgan fingerprint density at radius 2 is 1.60 bits per heavy atom. The topological polar surface area (TPSA) is 57.6 Å². The first-order chi connectivity index (χ1) is 17.1. The van der Waals surface area contributed by atoms with Crippen molar-refractivity contribution >= 4 is 27.5 Å². The van der Waals surface area contributed by atoms with Crippen molar-refractivity contribution < 1.29 is 4.79 Å². The van der Waals surface area contributed by atoms with Gasteiger partial charge >= 0.3 is 0 Å². The second kappa shape index (κ2) is 10.6. The number of carbonyl (C=O) groups is 1. The minimum Gasteiger partial charge on any atom is -0.351 e. The highest BCUT2D eigenvalue weighted by atomic mass is 32.1. The summed E-state index contributed by atoms with van der Waals surface area (Å²) < 4.78 is 1.70. The van der Waals surface area contributed by atoms with Gasteiger partial charge in [0.25, 0.3) is 11.5 Å². The molecule has 7 heteroatoms. The van der Waals surface area contributed by atoms with Crippen molar-refractivity contribution in [2.75, 3.05) is 46.3 Å². The molecule has 2 aromatic heterocycles. The summed E-state index contributed by atoms with van der Waals surface area (Å²) in [6, 6.07) is 23.0. The van der Waals surface area contributed by atoms with Crippen LogP contribution in [0.5, 0.6) is 0 Å². The van der Waals surface area contributed by atoms with Crippen molar-refractivity contribution in [2.45, 2.75) is 6.42 Å². The molecule has 0 spiro atoms. The Bertz CT molecular complexity index is 1360. The Labute approximate surface area is 209 Å². The Kier molecular flexibility index (Phi) is 7.08. The molecule has 180 valence electrons. The van der Waals surface area contributed by atoms with Crippen molar-refractivity contribution in [3.8, 4) is 16.8 Å². The Balaban J connectivity index is 1.45. The van der Waals surface area contributed by atoms with Gasteiger partial charge in [-0.1, -0.05) is 48.5 Å². The number of hydrogen-bond donors (Lipinski definition) is 1. The van der Waals surface area contributed by atoms with E-state index < -0.39 is 0 Å². The highest BCUT2D eigenvalue weighted by Crippen LogP contribution is 2.39. The van der Waals surface area contributed by atoms with Gasteiger partial charge in [0.1, 0.15) is 9.71 Å². The molecule has 0 bridgehead atoms. The number of pyridine rings is 1. The molecule has 1 aliphatic rings. The van der Waals surface area contributed by atoms with E-state index in [2.05, 4.69) is 22.2 Å². The molecule has 3 heterocycles. The molecule has 6 nitrogen and oxygen atoms in total. The van der Waals surface area contributed by atoms with E-state index in [0.717, 1.165) is 66.2 Å². The maximum absolute atomic E-state index is 13.4. The van der Waals surface area contributed by atoms with Crippen molar-refractivity contribution in [3.05, 3.63) is 88.0 Å². The monoisotopic (exact) mass is 486 g/mol. The zero-order valence-electron chi connectivity index (χ0n) is 19.9. The van der Waals surface area contributed by atoms with E-state index in [4.69, 9.17) is 0 Å². The van der Waals surface area contributed by atoms with Crippen LogP contribution in [-0.4, -0.2) is 66.6 Å². The van der Waals surface area contributed by atoms with Crippen LogP contribution in [0.15, 0.2) is 77.6 Å². The van der Waals surface area contributed by atoms with E-state index >= 15 is 0 Å². The fourth-order valence-electron chi connectivity index (χ4n) is 4.61. The number of rotatable bonds is 7. The second-order valence-electron chi connectivity index (χ2n) is 8.99. The van der Waals surface area contributed by atoms with Gasteiger partial charge in [-0.05, 0) is 43.8 Å². The Hall–Kier alpha value is -3.26. The van der Waals surface area contributed by atoms with Crippen molar-refractivity contribution in [1.29, 1.82) is 0 Å². The number of thiophene rings is 1. The predicted octanol–water partition coefficient (Wildman–Crippen LogP) is 4.09. The lowest BCUT2D eigenvalue weighted by Gasteiger charge is -2.32. The summed E-state index contributed by atoms with van der Waals surface area (Å²) >= 11 is 1.38. The molecule has 4 aromatic rings. The van der Waals surface area contributed by atoms with Crippen LogP contribution >= 0.6 is 11.3 Å². The van der Waals surface area contributed by atoms with E-state index in [1.807, 2.05) is 66.7 Å². The molecular weight excluding hydrogens is 456 g/mol. The molecule has 35 heavy (non-hydrogen) atoms. The molecule has 0 aliphatic carbocycles. The summed E-state index contributed by atoms with van der Waals surface area (Å²) in [6.45, 7) is 5.96. The van der Waals surface area contributed by atoms with Gasteiger partial charge in [-0.3, -0.25) is 14.2 Å². The van der Waals surface area contributed by atoms with Gasteiger partial charge in [-0.15, -0.1) is 11.3 Å². The molecule has 1 saturated heterocycles. The van der Waals surface area contributed by atoms with Crippen LogP contribution in [0.3, 0.4) is 0 Å².